The topological polar surface area (TPSA) is 0 Å². The van der Waals surface area contributed by atoms with E-state index >= 15 is 0 Å². The van der Waals surface area contributed by atoms with Crippen LogP contribution < -0.4 is 0 Å². The highest BCUT2D eigenvalue weighted by molar-refractivity contribution is 8.22. The molecule has 2 aromatic rings. The van der Waals surface area contributed by atoms with Gasteiger partial charge in [-0.25, -0.2) is 0 Å². The zero-order valence-corrected chi connectivity index (χ0v) is 15.3. The minimum Gasteiger partial charge on any atom is -0.122 e. The lowest BCUT2D eigenvalue weighted by Gasteiger charge is -2.36. The van der Waals surface area contributed by atoms with Crippen molar-refractivity contribution in [2.45, 2.75) is 32.1 Å². The van der Waals surface area contributed by atoms with Crippen molar-refractivity contribution in [3.05, 3.63) is 71.8 Å². The van der Waals surface area contributed by atoms with Gasteiger partial charge in [-0.15, -0.1) is 11.8 Å². The molecule has 1 aliphatic rings. The molecule has 0 amide bonds. The molecule has 1 saturated carbocycles. The van der Waals surface area contributed by atoms with Crippen LogP contribution >= 0.6 is 24.0 Å². The molecule has 0 radical (unpaired) electrons. The summed E-state index contributed by atoms with van der Waals surface area (Å²) >= 11 is 7.54. The molecule has 1 unspecified atom stereocenters. The Morgan fingerprint density at radius 2 is 1.52 bits per heavy atom. The van der Waals surface area contributed by atoms with Crippen molar-refractivity contribution in [3.8, 4) is 0 Å². The van der Waals surface area contributed by atoms with Gasteiger partial charge in [-0.1, -0.05) is 79.3 Å². The van der Waals surface area contributed by atoms with Gasteiger partial charge in [0.1, 0.15) is 0 Å². The molecular formula is C21H24S2. The van der Waals surface area contributed by atoms with Crippen molar-refractivity contribution in [1.82, 2.24) is 0 Å². The minimum atomic E-state index is 0.281. The maximum absolute atomic E-state index is 5.76. The second-order valence-corrected chi connectivity index (χ2v) is 8.20. The number of benzene rings is 2. The van der Waals surface area contributed by atoms with Crippen molar-refractivity contribution in [2.75, 3.05) is 6.26 Å². The number of rotatable bonds is 5. The van der Waals surface area contributed by atoms with Crippen LogP contribution in [-0.4, -0.2) is 10.5 Å². The highest BCUT2D eigenvalue weighted by atomic mass is 32.2. The van der Waals surface area contributed by atoms with Gasteiger partial charge in [0.05, 0.1) is 4.20 Å². The summed E-state index contributed by atoms with van der Waals surface area (Å²) in [5, 5.41) is 0. The largest absolute Gasteiger partial charge is 0.122 e. The second-order valence-electron chi connectivity index (χ2n) is 6.66. The number of hydrogen-bond acceptors (Lipinski definition) is 2. The molecule has 2 aromatic carbocycles. The Balaban J connectivity index is 1.93. The van der Waals surface area contributed by atoms with E-state index in [9.17, 15) is 0 Å². The maximum Gasteiger partial charge on any atom is 0.0512 e. The normalized spacial score (nSPS) is 19.6. The Morgan fingerprint density at radius 3 is 2.00 bits per heavy atom. The van der Waals surface area contributed by atoms with Crippen LogP contribution in [0.15, 0.2) is 60.7 Å². The average Bonchev–Trinajstić information content (AvgIpc) is 2.99. The number of thiocarbonyl (C=S) groups is 1. The van der Waals surface area contributed by atoms with Gasteiger partial charge in [0.2, 0.25) is 0 Å². The molecule has 23 heavy (non-hydrogen) atoms. The minimum absolute atomic E-state index is 0.281. The predicted octanol–water partition coefficient (Wildman–Crippen LogP) is 5.95. The van der Waals surface area contributed by atoms with Crippen LogP contribution in [0, 0.1) is 11.3 Å². The molecule has 0 spiro atoms. The van der Waals surface area contributed by atoms with E-state index in [1.54, 1.807) is 11.8 Å². The van der Waals surface area contributed by atoms with Crippen LogP contribution in [0.5, 0.6) is 0 Å². The zero-order chi connectivity index (χ0) is 16.1. The smallest absolute Gasteiger partial charge is 0.0512 e. The van der Waals surface area contributed by atoms with Gasteiger partial charge in [0.15, 0.2) is 0 Å². The third kappa shape index (κ3) is 3.87. The van der Waals surface area contributed by atoms with E-state index in [0.717, 1.165) is 12.8 Å². The van der Waals surface area contributed by atoms with Crippen LogP contribution in [0.2, 0.25) is 0 Å². The van der Waals surface area contributed by atoms with Crippen molar-refractivity contribution in [3.63, 3.8) is 0 Å². The summed E-state index contributed by atoms with van der Waals surface area (Å²) in [7, 11) is 0. The molecule has 3 rings (SSSR count). The van der Waals surface area contributed by atoms with Crippen molar-refractivity contribution >= 4 is 28.2 Å². The first-order valence-electron chi connectivity index (χ1n) is 8.39. The van der Waals surface area contributed by atoms with Crippen molar-refractivity contribution in [1.29, 1.82) is 0 Å². The summed E-state index contributed by atoms with van der Waals surface area (Å²) in [6, 6.07) is 21.9. The molecule has 0 N–H and O–H groups in total. The van der Waals surface area contributed by atoms with Gasteiger partial charge in [0, 0.05) is 5.92 Å². The van der Waals surface area contributed by atoms with Crippen LogP contribution in [0.25, 0.3) is 0 Å². The van der Waals surface area contributed by atoms with E-state index in [4.69, 9.17) is 12.2 Å². The Bertz CT molecular complexity index is 592. The average molecular weight is 341 g/mol. The third-order valence-corrected chi connectivity index (χ3v) is 6.66. The maximum atomic E-state index is 5.76. The molecule has 0 heterocycles. The standard InChI is InChI=1S/C21H24S2/c1-23-20(22)19-13-8-14-21(19,15-17-9-4-2-5-10-17)16-18-11-6-3-7-12-18/h2-7,9-12,19H,8,13-16H2,1H3. The molecule has 0 bridgehead atoms. The SMILES string of the molecule is CSC(=S)C1CCCC1(Cc1ccccc1)Cc1ccccc1. The van der Waals surface area contributed by atoms with Gasteiger partial charge < -0.3 is 0 Å². The molecule has 0 nitrogen and oxygen atoms in total. The van der Waals surface area contributed by atoms with E-state index in [1.165, 1.54) is 34.6 Å². The van der Waals surface area contributed by atoms with E-state index in [1.807, 2.05) is 0 Å². The van der Waals surface area contributed by atoms with Gasteiger partial charge in [-0.05, 0) is 48.5 Å². The van der Waals surface area contributed by atoms with Gasteiger partial charge in [-0.3, -0.25) is 0 Å². The first-order chi connectivity index (χ1) is 11.2. The summed E-state index contributed by atoms with van der Waals surface area (Å²) in [5.74, 6) is 0.549. The molecule has 1 aliphatic carbocycles. The Labute approximate surface area is 149 Å². The zero-order valence-electron chi connectivity index (χ0n) is 13.7. The van der Waals surface area contributed by atoms with Crippen LogP contribution in [0.4, 0.5) is 0 Å². The number of thioether (sulfide) groups is 1. The third-order valence-electron chi connectivity index (χ3n) is 5.19. The summed E-state index contributed by atoms with van der Waals surface area (Å²) in [6.07, 6.45) is 8.23. The lowest BCUT2D eigenvalue weighted by Crippen LogP contribution is -2.34. The van der Waals surface area contributed by atoms with Crippen LogP contribution in [0.1, 0.15) is 30.4 Å². The molecule has 1 atom stereocenters. The summed E-state index contributed by atoms with van der Waals surface area (Å²) in [6.45, 7) is 0. The van der Waals surface area contributed by atoms with Crippen molar-refractivity contribution in [2.24, 2.45) is 11.3 Å². The van der Waals surface area contributed by atoms with Crippen molar-refractivity contribution < 1.29 is 0 Å². The molecule has 0 saturated heterocycles. The van der Waals surface area contributed by atoms with E-state index in [0.29, 0.717) is 5.92 Å². The fourth-order valence-corrected chi connectivity index (χ4v) is 5.16. The Morgan fingerprint density at radius 1 is 1.00 bits per heavy atom. The van der Waals surface area contributed by atoms with Gasteiger partial charge in [-0.2, -0.15) is 0 Å². The van der Waals surface area contributed by atoms with E-state index in [2.05, 4.69) is 66.9 Å². The van der Waals surface area contributed by atoms with E-state index < -0.39 is 0 Å². The van der Waals surface area contributed by atoms with Gasteiger partial charge in [0.25, 0.3) is 0 Å². The summed E-state index contributed by atoms with van der Waals surface area (Å²) in [4.78, 5) is 0. The predicted molar refractivity (Wildman–Crippen MR) is 106 cm³/mol. The second kappa shape index (κ2) is 7.63. The summed E-state index contributed by atoms with van der Waals surface area (Å²) < 4.78 is 1.20. The lowest BCUT2D eigenvalue weighted by atomic mass is 9.70. The van der Waals surface area contributed by atoms with Gasteiger partial charge >= 0.3 is 0 Å². The van der Waals surface area contributed by atoms with Crippen LogP contribution in [0.3, 0.4) is 0 Å². The fourth-order valence-electron chi connectivity index (χ4n) is 4.14. The molecule has 0 aromatic heterocycles. The highest BCUT2D eigenvalue weighted by Crippen LogP contribution is 2.50. The summed E-state index contributed by atoms with van der Waals surface area (Å²) in [5.41, 5.74) is 3.17. The highest BCUT2D eigenvalue weighted by Gasteiger charge is 2.44. The quantitative estimate of drug-likeness (QED) is 0.617. The number of hydrogen-bond donors (Lipinski definition) is 0. The fraction of sp³-hybridized carbons (Fsp3) is 0.381. The monoisotopic (exact) mass is 340 g/mol. The Kier molecular flexibility index (Phi) is 5.55. The molecular weight excluding hydrogens is 316 g/mol. The molecule has 2 heteroatoms. The van der Waals surface area contributed by atoms with Crippen LogP contribution in [-0.2, 0) is 12.8 Å². The first kappa shape index (κ1) is 16.7. The van der Waals surface area contributed by atoms with E-state index in [-0.39, 0.29) is 5.41 Å². The first-order valence-corrected chi connectivity index (χ1v) is 10.0. The molecule has 0 aliphatic heterocycles. The molecule has 120 valence electrons. The molecule has 1 fully saturated rings. The lowest BCUT2D eigenvalue weighted by molar-refractivity contribution is 0.251. The Hall–Kier alpha value is -1.12.